The fraction of sp³-hybridized carbons (Fsp3) is 0.471. The number of rotatable bonds is 6. The molecule has 0 bridgehead atoms. The standard InChI is InChI=1S/C17H23N3O2S2/c1-12(2)20-10-15(11-20)17-18-9-16(23-17)14-6-4-13(5-7-14)8-19-24(3,21)22/h4-7,9,12,15,19H,8,10-11H2,1-3H3. The van der Waals surface area contributed by atoms with E-state index in [1.165, 1.54) is 11.3 Å². The fourth-order valence-electron chi connectivity index (χ4n) is 2.70. The number of sulfonamides is 1. The van der Waals surface area contributed by atoms with Crippen LogP contribution in [0.1, 0.15) is 30.3 Å². The molecule has 1 N–H and O–H groups in total. The lowest BCUT2D eigenvalue weighted by molar-refractivity contribution is 0.110. The predicted molar refractivity (Wildman–Crippen MR) is 98.7 cm³/mol. The molecular formula is C17H23N3O2S2. The highest BCUT2D eigenvalue weighted by atomic mass is 32.2. The average Bonchev–Trinajstić information content (AvgIpc) is 2.92. The number of benzene rings is 1. The molecule has 0 unspecified atom stereocenters. The summed E-state index contributed by atoms with van der Waals surface area (Å²) in [5, 5.41) is 1.21. The van der Waals surface area contributed by atoms with E-state index < -0.39 is 10.0 Å². The molecule has 0 radical (unpaired) electrons. The van der Waals surface area contributed by atoms with Gasteiger partial charge in [0.1, 0.15) is 0 Å². The number of nitrogens with one attached hydrogen (secondary N) is 1. The molecule has 1 fully saturated rings. The van der Waals surface area contributed by atoms with Crippen molar-refractivity contribution in [3.63, 3.8) is 0 Å². The molecule has 7 heteroatoms. The van der Waals surface area contributed by atoms with Crippen LogP contribution in [0.15, 0.2) is 30.5 Å². The van der Waals surface area contributed by atoms with Crippen LogP contribution in [0.25, 0.3) is 10.4 Å². The molecule has 2 heterocycles. The minimum Gasteiger partial charge on any atom is -0.299 e. The number of hydrogen-bond donors (Lipinski definition) is 1. The van der Waals surface area contributed by atoms with Crippen LogP contribution >= 0.6 is 11.3 Å². The van der Waals surface area contributed by atoms with Gasteiger partial charge < -0.3 is 0 Å². The fourth-order valence-corrected chi connectivity index (χ4v) is 4.14. The van der Waals surface area contributed by atoms with E-state index in [2.05, 4.69) is 28.5 Å². The Morgan fingerprint density at radius 2 is 1.96 bits per heavy atom. The molecule has 0 atom stereocenters. The summed E-state index contributed by atoms with van der Waals surface area (Å²) in [5.74, 6) is 0.560. The van der Waals surface area contributed by atoms with Crippen molar-refractivity contribution in [2.24, 2.45) is 0 Å². The van der Waals surface area contributed by atoms with E-state index in [0.29, 0.717) is 18.5 Å². The van der Waals surface area contributed by atoms with Crippen LogP contribution < -0.4 is 4.72 Å². The van der Waals surface area contributed by atoms with Gasteiger partial charge in [-0.05, 0) is 25.0 Å². The Morgan fingerprint density at radius 1 is 1.29 bits per heavy atom. The first-order valence-electron chi connectivity index (χ1n) is 8.05. The van der Waals surface area contributed by atoms with Crippen LogP contribution in [0.2, 0.25) is 0 Å². The van der Waals surface area contributed by atoms with Gasteiger partial charge in [-0.2, -0.15) is 0 Å². The summed E-state index contributed by atoms with van der Waals surface area (Å²) in [7, 11) is -3.16. The molecule has 0 spiro atoms. The van der Waals surface area contributed by atoms with Crippen LogP contribution in [0, 0.1) is 0 Å². The third kappa shape index (κ3) is 4.22. The van der Waals surface area contributed by atoms with E-state index in [1.807, 2.05) is 30.5 Å². The first-order chi connectivity index (χ1) is 11.3. The SMILES string of the molecule is CC(C)N1CC(c2ncc(-c3ccc(CNS(C)(=O)=O)cc3)s2)C1. The highest BCUT2D eigenvalue weighted by Gasteiger charge is 2.31. The van der Waals surface area contributed by atoms with Crippen molar-refractivity contribution in [2.45, 2.75) is 32.4 Å². The van der Waals surface area contributed by atoms with Gasteiger partial charge in [0.2, 0.25) is 10.0 Å². The molecule has 1 aromatic carbocycles. The third-order valence-electron chi connectivity index (χ3n) is 4.29. The molecule has 5 nitrogen and oxygen atoms in total. The first-order valence-corrected chi connectivity index (χ1v) is 10.8. The number of thiazole rings is 1. The van der Waals surface area contributed by atoms with Gasteiger partial charge in [-0.1, -0.05) is 24.3 Å². The van der Waals surface area contributed by atoms with E-state index in [0.717, 1.165) is 29.1 Å². The minimum atomic E-state index is -3.16. The van der Waals surface area contributed by atoms with Gasteiger partial charge in [0.05, 0.1) is 16.1 Å². The zero-order chi connectivity index (χ0) is 17.3. The first kappa shape index (κ1) is 17.5. The maximum Gasteiger partial charge on any atom is 0.209 e. The topological polar surface area (TPSA) is 62.3 Å². The molecule has 1 saturated heterocycles. The van der Waals surface area contributed by atoms with E-state index in [4.69, 9.17) is 0 Å². The van der Waals surface area contributed by atoms with Crippen LogP contribution in [-0.4, -0.2) is 43.7 Å². The van der Waals surface area contributed by atoms with Crippen LogP contribution in [0.3, 0.4) is 0 Å². The quantitative estimate of drug-likeness (QED) is 0.855. The molecule has 2 aromatic rings. The Labute approximate surface area is 147 Å². The molecule has 24 heavy (non-hydrogen) atoms. The number of aromatic nitrogens is 1. The van der Waals surface area contributed by atoms with Crippen molar-refractivity contribution in [1.82, 2.24) is 14.6 Å². The number of nitrogens with zero attached hydrogens (tertiary/aromatic N) is 2. The summed E-state index contributed by atoms with van der Waals surface area (Å²) in [6, 6.07) is 8.57. The van der Waals surface area contributed by atoms with Gasteiger partial charge in [0, 0.05) is 37.8 Å². The Hall–Kier alpha value is -1.28. The molecule has 0 amide bonds. The highest BCUT2D eigenvalue weighted by molar-refractivity contribution is 7.88. The Bertz CT molecular complexity index is 791. The second kappa shape index (κ2) is 6.92. The van der Waals surface area contributed by atoms with Crippen molar-refractivity contribution in [3.8, 4) is 10.4 Å². The van der Waals surface area contributed by atoms with E-state index >= 15 is 0 Å². The summed E-state index contributed by atoms with van der Waals surface area (Å²) in [6.07, 6.45) is 3.11. The van der Waals surface area contributed by atoms with Crippen molar-refractivity contribution in [1.29, 1.82) is 0 Å². The number of hydrogen-bond acceptors (Lipinski definition) is 5. The summed E-state index contributed by atoms with van der Waals surface area (Å²) in [4.78, 5) is 8.22. The smallest absolute Gasteiger partial charge is 0.209 e. The van der Waals surface area contributed by atoms with Crippen molar-refractivity contribution in [2.75, 3.05) is 19.3 Å². The summed E-state index contributed by atoms with van der Waals surface area (Å²) < 4.78 is 24.8. The zero-order valence-electron chi connectivity index (χ0n) is 14.2. The van der Waals surface area contributed by atoms with E-state index in [9.17, 15) is 8.42 Å². The molecular weight excluding hydrogens is 342 g/mol. The molecule has 0 saturated carbocycles. The maximum atomic E-state index is 11.1. The Balaban J connectivity index is 1.63. The van der Waals surface area contributed by atoms with Crippen molar-refractivity contribution < 1.29 is 8.42 Å². The summed E-state index contributed by atoms with van der Waals surface area (Å²) in [6.45, 7) is 6.97. The average molecular weight is 366 g/mol. The maximum absolute atomic E-state index is 11.1. The second-order valence-electron chi connectivity index (χ2n) is 6.60. The Morgan fingerprint density at radius 3 is 2.54 bits per heavy atom. The van der Waals surface area contributed by atoms with Gasteiger partial charge in [-0.25, -0.2) is 18.1 Å². The molecule has 0 aliphatic carbocycles. The molecule has 1 aliphatic heterocycles. The predicted octanol–water partition coefficient (Wildman–Crippen LogP) is 2.67. The van der Waals surface area contributed by atoms with Gasteiger partial charge >= 0.3 is 0 Å². The molecule has 3 rings (SSSR count). The van der Waals surface area contributed by atoms with Crippen LogP contribution in [-0.2, 0) is 16.6 Å². The number of likely N-dealkylation sites (tertiary alicyclic amines) is 1. The van der Waals surface area contributed by atoms with E-state index in [1.54, 1.807) is 11.3 Å². The molecule has 130 valence electrons. The summed E-state index contributed by atoms with van der Waals surface area (Å²) in [5.41, 5.74) is 2.07. The minimum absolute atomic E-state index is 0.320. The van der Waals surface area contributed by atoms with Gasteiger partial charge in [0.15, 0.2) is 0 Å². The zero-order valence-corrected chi connectivity index (χ0v) is 15.8. The lowest BCUT2D eigenvalue weighted by Gasteiger charge is -2.41. The van der Waals surface area contributed by atoms with Gasteiger partial charge in [-0.3, -0.25) is 4.90 Å². The lowest BCUT2D eigenvalue weighted by atomic mass is 9.99. The summed E-state index contributed by atoms with van der Waals surface area (Å²) >= 11 is 1.76. The monoisotopic (exact) mass is 365 g/mol. The van der Waals surface area contributed by atoms with Crippen LogP contribution in [0.5, 0.6) is 0 Å². The molecule has 1 aliphatic rings. The third-order valence-corrected chi connectivity index (χ3v) is 6.17. The van der Waals surface area contributed by atoms with E-state index in [-0.39, 0.29) is 0 Å². The highest BCUT2D eigenvalue weighted by Crippen LogP contribution is 2.35. The second-order valence-corrected chi connectivity index (χ2v) is 9.49. The largest absolute Gasteiger partial charge is 0.299 e. The van der Waals surface area contributed by atoms with Crippen LogP contribution in [0.4, 0.5) is 0 Å². The normalized spacial score (nSPS) is 16.5. The van der Waals surface area contributed by atoms with Crippen molar-refractivity contribution >= 4 is 21.4 Å². The van der Waals surface area contributed by atoms with Crippen molar-refractivity contribution in [3.05, 3.63) is 41.0 Å². The molecule has 1 aromatic heterocycles. The van der Waals surface area contributed by atoms with Gasteiger partial charge in [-0.15, -0.1) is 11.3 Å². The van der Waals surface area contributed by atoms with Gasteiger partial charge in [0.25, 0.3) is 0 Å². The Kier molecular flexibility index (Phi) is 5.05. The lowest BCUT2D eigenvalue weighted by Crippen LogP contribution is -2.48.